The van der Waals surface area contributed by atoms with Gasteiger partial charge in [0.1, 0.15) is 12.2 Å². The van der Waals surface area contributed by atoms with Gasteiger partial charge in [-0.1, -0.05) is 0 Å². The van der Waals surface area contributed by atoms with Crippen molar-refractivity contribution in [2.24, 2.45) is 7.05 Å². The smallest absolute Gasteiger partial charge is 0.149 e. The zero-order valence-electron chi connectivity index (χ0n) is 10.2. The molecule has 1 fully saturated rings. The van der Waals surface area contributed by atoms with Crippen molar-refractivity contribution in [1.29, 1.82) is 0 Å². The third kappa shape index (κ3) is 2.59. The van der Waals surface area contributed by atoms with Gasteiger partial charge in [0.2, 0.25) is 0 Å². The van der Waals surface area contributed by atoms with Crippen LogP contribution in [0.15, 0.2) is 6.33 Å². The first-order valence-electron chi connectivity index (χ1n) is 5.89. The Labute approximate surface area is 96.2 Å². The Hall–Kier alpha value is -0.940. The van der Waals surface area contributed by atoms with Crippen molar-refractivity contribution in [1.82, 2.24) is 20.1 Å². The standard InChI is InChI=1S/C11H20N4O/c1-8-4-5-10(16-8)6-12-9(2)11-14-13-7-15(11)3/h7-10,12H,4-6H2,1-3H3. The average molecular weight is 224 g/mol. The fourth-order valence-corrected chi connectivity index (χ4v) is 2.12. The SMILES string of the molecule is CC1CCC(CNC(C)c2nncn2C)O1. The molecule has 0 saturated carbocycles. The second kappa shape index (κ2) is 4.93. The minimum Gasteiger partial charge on any atom is -0.374 e. The number of ether oxygens (including phenoxy) is 1. The van der Waals surface area contributed by atoms with Crippen molar-refractivity contribution >= 4 is 0 Å². The Morgan fingerprint density at radius 1 is 1.62 bits per heavy atom. The topological polar surface area (TPSA) is 52.0 Å². The zero-order valence-corrected chi connectivity index (χ0v) is 10.2. The number of aromatic nitrogens is 3. The Kier molecular flexibility index (Phi) is 3.56. The number of hydrogen-bond acceptors (Lipinski definition) is 4. The summed E-state index contributed by atoms with van der Waals surface area (Å²) in [7, 11) is 1.96. The van der Waals surface area contributed by atoms with Crippen molar-refractivity contribution in [3.05, 3.63) is 12.2 Å². The van der Waals surface area contributed by atoms with Crippen molar-refractivity contribution in [3.63, 3.8) is 0 Å². The van der Waals surface area contributed by atoms with Gasteiger partial charge < -0.3 is 14.6 Å². The molecule has 3 atom stereocenters. The van der Waals surface area contributed by atoms with E-state index in [0.29, 0.717) is 12.2 Å². The summed E-state index contributed by atoms with van der Waals surface area (Å²) >= 11 is 0. The first-order chi connectivity index (χ1) is 7.66. The van der Waals surface area contributed by atoms with Gasteiger partial charge >= 0.3 is 0 Å². The van der Waals surface area contributed by atoms with Crippen LogP contribution in [0, 0.1) is 0 Å². The highest BCUT2D eigenvalue weighted by Gasteiger charge is 2.22. The molecule has 1 aromatic rings. The highest BCUT2D eigenvalue weighted by molar-refractivity contribution is 4.92. The summed E-state index contributed by atoms with van der Waals surface area (Å²) in [5.74, 6) is 0.964. The van der Waals surface area contributed by atoms with Gasteiger partial charge in [0, 0.05) is 13.6 Å². The monoisotopic (exact) mass is 224 g/mol. The molecule has 1 aliphatic rings. The van der Waals surface area contributed by atoms with Gasteiger partial charge in [-0.15, -0.1) is 10.2 Å². The van der Waals surface area contributed by atoms with E-state index in [0.717, 1.165) is 18.8 Å². The molecular weight excluding hydrogens is 204 g/mol. The van der Waals surface area contributed by atoms with Gasteiger partial charge in [-0.3, -0.25) is 0 Å². The molecule has 1 aliphatic heterocycles. The minimum absolute atomic E-state index is 0.215. The molecule has 16 heavy (non-hydrogen) atoms. The first-order valence-corrected chi connectivity index (χ1v) is 5.89. The lowest BCUT2D eigenvalue weighted by molar-refractivity contribution is 0.0544. The third-order valence-electron chi connectivity index (χ3n) is 3.11. The number of aryl methyl sites for hydroxylation is 1. The van der Waals surface area contributed by atoms with Crippen molar-refractivity contribution in [2.75, 3.05) is 6.54 Å². The van der Waals surface area contributed by atoms with E-state index < -0.39 is 0 Å². The molecule has 1 saturated heterocycles. The number of hydrogen-bond donors (Lipinski definition) is 1. The molecule has 1 N–H and O–H groups in total. The van der Waals surface area contributed by atoms with E-state index in [4.69, 9.17) is 4.74 Å². The third-order valence-corrected chi connectivity index (χ3v) is 3.11. The van der Waals surface area contributed by atoms with Gasteiger partial charge in [0.15, 0.2) is 0 Å². The number of nitrogens with zero attached hydrogens (tertiary/aromatic N) is 3. The van der Waals surface area contributed by atoms with Gasteiger partial charge in [-0.2, -0.15) is 0 Å². The molecule has 2 heterocycles. The summed E-state index contributed by atoms with van der Waals surface area (Å²) in [6.45, 7) is 5.12. The molecule has 0 radical (unpaired) electrons. The molecule has 0 spiro atoms. The van der Waals surface area contributed by atoms with Crippen LogP contribution in [0.1, 0.15) is 38.6 Å². The van der Waals surface area contributed by atoms with E-state index in [2.05, 4.69) is 29.4 Å². The van der Waals surface area contributed by atoms with E-state index in [1.807, 2.05) is 11.6 Å². The fourth-order valence-electron chi connectivity index (χ4n) is 2.12. The maximum absolute atomic E-state index is 5.75. The minimum atomic E-state index is 0.215. The summed E-state index contributed by atoms with van der Waals surface area (Å²) in [4.78, 5) is 0. The van der Waals surface area contributed by atoms with Crippen molar-refractivity contribution in [2.45, 2.75) is 44.9 Å². The molecule has 2 rings (SSSR count). The lowest BCUT2D eigenvalue weighted by Gasteiger charge is -2.16. The normalized spacial score (nSPS) is 27.2. The fraction of sp³-hybridized carbons (Fsp3) is 0.818. The summed E-state index contributed by atoms with van der Waals surface area (Å²) in [5.41, 5.74) is 0. The lowest BCUT2D eigenvalue weighted by Crippen LogP contribution is -2.30. The molecule has 3 unspecified atom stereocenters. The first kappa shape index (κ1) is 11.5. The van der Waals surface area contributed by atoms with E-state index in [1.54, 1.807) is 6.33 Å². The van der Waals surface area contributed by atoms with Crippen LogP contribution in [0.25, 0.3) is 0 Å². The lowest BCUT2D eigenvalue weighted by atomic mass is 10.2. The maximum atomic E-state index is 5.75. The van der Waals surface area contributed by atoms with Gasteiger partial charge in [0.25, 0.3) is 0 Å². The molecular formula is C11H20N4O. The molecule has 1 aromatic heterocycles. The molecule has 0 aliphatic carbocycles. The van der Waals surface area contributed by atoms with Crippen molar-refractivity contribution in [3.8, 4) is 0 Å². The summed E-state index contributed by atoms with van der Waals surface area (Å²) in [5, 5.41) is 11.4. The molecule has 5 heteroatoms. The van der Waals surface area contributed by atoms with Crippen LogP contribution in [-0.4, -0.2) is 33.5 Å². The number of nitrogens with one attached hydrogen (secondary N) is 1. The summed E-state index contributed by atoms with van der Waals surface area (Å²) in [6, 6.07) is 0.215. The van der Waals surface area contributed by atoms with Crippen LogP contribution in [0.2, 0.25) is 0 Å². The van der Waals surface area contributed by atoms with E-state index in [-0.39, 0.29) is 6.04 Å². The molecule has 0 bridgehead atoms. The summed E-state index contributed by atoms with van der Waals surface area (Å²) in [6.07, 6.45) is 4.81. The predicted octanol–water partition coefficient (Wildman–Crippen LogP) is 1.03. The van der Waals surface area contributed by atoms with E-state index in [9.17, 15) is 0 Å². The highest BCUT2D eigenvalue weighted by atomic mass is 16.5. The quantitative estimate of drug-likeness (QED) is 0.830. The Morgan fingerprint density at radius 2 is 2.44 bits per heavy atom. The van der Waals surface area contributed by atoms with Crippen molar-refractivity contribution < 1.29 is 4.74 Å². The van der Waals surface area contributed by atoms with Gasteiger partial charge in [-0.25, -0.2) is 0 Å². The zero-order chi connectivity index (χ0) is 11.5. The summed E-state index contributed by atoms with van der Waals surface area (Å²) < 4.78 is 7.69. The molecule has 5 nitrogen and oxygen atoms in total. The average Bonchev–Trinajstić information content (AvgIpc) is 2.84. The van der Waals surface area contributed by atoms with E-state index in [1.165, 1.54) is 6.42 Å². The largest absolute Gasteiger partial charge is 0.374 e. The van der Waals surface area contributed by atoms with Gasteiger partial charge in [0.05, 0.1) is 18.2 Å². The second-order valence-electron chi connectivity index (χ2n) is 4.58. The maximum Gasteiger partial charge on any atom is 0.149 e. The highest BCUT2D eigenvalue weighted by Crippen LogP contribution is 2.19. The van der Waals surface area contributed by atoms with Gasteiger partial charge in [-0.05, 0) is 26.7 Å². The van der Waals surface area contributed by atoms with Crippen LogP contribution < -0.4 is 5.32 Å². The van der Waals surface area contributed by atoms with Crippen LogP contribution in [0.3, 0.4) is 0 Å². The van der Waals surface area contributed by atoms with Crippen LogP contribution in [-0.2, 0) is 11.8 Å². The van der Waals surface area contributed by atoms with Crippen LogP contribution >= 0.6 is 0 Å². The van der Waals surface area contributed by atoms with Crippen LogP contribution in [0.5, 0.6) is 0 Å². The van der Waals surface area contributed by atoms with E-state index >= 15 is 0 Å². The predicted molar refractivity (Wildman–Crippen MR) is 61.0 cm³/mol. The molecule has 0 amide bonds. The number of rotatable bonds is 4. The molecule has 0 aromatic carbocycles. The Morgan fingerprint density at radius 3 is 3.00 bits per heavy atom. The molecule has 90 valence electrons. The Bertz CT molecular complexity index is 338. The Balaban J connectivity index is 1.80. The second-order valence-corrected chi connectivity index (χ2v) is 4.58. The van der Waals surface area contributed by atoms with Crippen LogP contribution in [0.4, 0.5) is 0 Å².